The van der Waals surface area contributed by atoms with Crippen molar-refractivity contribution >= 4 is 0 Å². The summed E-state index contributed by atoms with van der Waals surface area (Å²) in [6, 6.07) is 11.6. The van der Waals surface area contributed by atoms with E-state index in [1.54, 1.807) is 0 Å². The first-order valence-corrected chi connectivity index (χ1v) is 5.72. The predicted octanol–water partition coefficient (Wildman–Crippen LogP) is 2.75. The Morgan fingerprint density at radius 1 is 1.07 bits per heavy atom. The highest BCUT2D eigenvalue weighted by Crippen LogP contribution is 2.42. The molecule has 2 fully saturated rings. The Labute approximate surface area is 85.5 Å². The molecule has 1 unspecified atom stereocenters. The van der Waals surface area contributed by atoms with Gasteiger partial charge < -0.3 is 5.32 Å². The number of piperidine rings is 1. The Hall–Kier alpha value is -0.820. The van der Waals surface area contributed by atoms with Crippen LogP contribution in [0.15, 0.2) is 30.3 Å². The van der Waals surface area contributed by atoms with E-state index in [0.29, 0.717) is 6.04 Å². The maximum Gasteiger partial charge on any atom is 0.0348 e. The minimum atomic E-state index is 0.634. The molecule has 2 aliphatic rings. The molecular formula is C13H17N. The quantitative estimate of drug-likeness (QED) is 0.713. The molecule has 0 spiro atoms. The van der Waals surface area contributed by atoms with Gasteiger partial charge in [-0.1, -0.05) is 30.3 Å². The molecule has 1 aliphatic carbocycles. The van der Waals surface area contributed by atoms with Gasteiger partial charge in [-0.05, 0) is 43.2 Å². The third-order valence-electron chi connectivity index (χ3n) is 3.84. The Morgan fingerprint density at radius 2 is 1.93 bits per heavy atom. The van der Waals surface area contributed by atoms with Crippen LogP contribution in [-0.2, 0) is 0 Å². The highest BCUT2D eigenvalue weighted by molar-refractivity contribution is 5.21. The zero-order valence-corrected chi connectivity index (χ0v) is 8.45. The van der Waals surface area contributed by atoms with E-state index >= 15 is 0 Å². The molecule has 74 valence electrons. The Morgan fingerprint density at radius 3 is 2.79 bits per heavy atom. The summed E-state index contributed by atoms with van der Waals surface area (Å²) in [5.41, 5.74) is 1.48. The van der Waals surface area contributed by atoms with Crippen LogP contribution in [-0.4, -0.2) is 6.54 Å². The lowest BCUT2D eigenvalue weighted by atomic mass is 9.88. The summed E-state index contributed by atoms with van der Waals surface area (Å²) in [6.45, 7) is 1.23. The fraction of sp³-hybridized carbons (Fsp3) is 0.538. The average Bonchev–Trinajstić information content (AvgIpc) is 2.62. The molecule has 0 radical (unpaired) electrons. The molecule has 14 heavy (non-hydrogen) atoms. The van der Waals surface area contributed by atoms with Gasteiger partial charge in [0, 0.05) is 6.04 Å². The fourth-order valence-corrected chi connectivity index (χ4v) is 3.11. The van der Waals surface area contributed by atoms with Gasteiger partial charge >= 0.3 is 0 Å². The molecule has 1 nitrogen and oxygen atoms in total. The van der Waals surface area contributed by atoms with Crippen molar-refractivity contribution in [3.05, 3.63) is 35.9 Å². The number of nitrogens with one attached hydrogen (secondary N) is 1. The highest BCUT2D eigenvalue weighted by atomic mass is 14.9. The number of benzene rings is 1. The van der Waals surface area contributed by atoms with Gasteiger partial charge in [-0.2, -0.15) is 0 Å². The first-order chi connectivity index (χ1) is 6.93. The van der Waals surface area contributed by atoms with Crippen molar-refractivity contribution in [3.8, 4) is 0 Å². The first-order valence-electron chi connectivity index (χ1n) is 5.72. The largest absolute Gasteiger partial charge is 0.309 e. The van der Waals surface area contributed by atoms with Crippen LogP contribution in [0.2, 0.25) is 0 Å². The number of rotatable bonds is 1. The van der Waals surface area contributed by atoms with Gasteiger partial charge in [0.15, 0.2) is 0 Å². The van der Waals surface area contributed by atoms with Crippen molar-refractivity contribution in [1.82, 2.24) is 5.32 Å². The number of hydrogen-bond donors (Lipinski definition) is 1. The third-order valence-corrected chi connectivity index (χ3v) is 3.84. The number of hydrogen-bond acceptors (Lipinski definition) is 1. The molecule has 0 amide bonds. The monoisotopic (exact) mass is 187 g/mol. The molecule has 1 aromatic rings. The second-order valence-electron chi connectivity index (χ2n) is 4.74. The zero-order chi connectivity index (χ0) is 9.38. The Bertz CT molecular complexity index is 306. The van der Waals surface area contributed by atoms with E-state index in [1.165, 1.54) is 31.4 Å². The zero-order valence-electron chi connectivity index (χ0n) is 8.45. The van der Waals surface area contributed by atoms with Crippen LogP contribution in [0.4, 0.5) is 0 Å². The van der Waals surface area contributed by atoms with Crippen molar-refractivity contribution in [2.24, 2.45) is 11.8 Å². The second kappa shape index (κ2) is 3.39. The minimum absolute atomic E-state index is 0.634. The summed E-state index contributed by atoms with van der Waals surface area (Å²) >= 11 is 0. The lowest BCUT2D eigenvalue weighted by Gasteiger charge is -2.30. The van der Waals surface area contributed by atoms with Crippen LogP contribution in [0.5, 0.6) is 0 Å². The van der Waals surface area contributed by atoms with E-state index in [9.17, 15) is 0 Å². The van der Waals surface area contributed by atoms with E-state index in [4.69, 9.17) is 0 Å². The molecule has 3 rings (SSSR count). The van der Waals surface area contributed by atoms with Crippen LogP contribution in [0, 0.1) is 11.8 Å². The van der Waals surface area contributed by atoms with Gasteiger partial charge in [0.05, 0.1) is 0 Å². The predicted molar refractivity (Wildman–Crippen MR) is 58.0 cm³/mol. The average molecular weight is 187 g/mol. The smallest absolute Gasteiger partial charge is 0.0348 e. The highest BCUT2D eigenvalue weighted by Gasteiger charge is 2.35. The van der Waals surface area contributed by atoms with Crippen molar-refractivity contribution in [2.75, 3.05) is 6.54 Å². The van der Waals surface area contributed by atoms with Gasteiger partial charge in [0.1, 0.15) is 0 Å². The second-order valence-corrected chi connectivity index (χ2v) is 4.74. The first kappa shape index (κ1) is 8.49. The van der Waals surface area contributed by atoms with Crippen molar-refractivity contribution in [2.45, 2.75) is 25.3 Å². The molecule has 2 bridgehead atoms. The molecule has 1 heterocycles. The van der Waals surface area contributed by atoms with Crippen LogP contribution < -0.4 is 5.32 Å². The van der Waals surface area contributed by atoms with E-state index in [1.807, 2.05) is 0 Å². The maximum absolute atomic E-state index is 3.70. The van der Waals surface area contributed by atoms with E-state index in [0.717, 1.165) is 11.8 Å². The third kappa shape index (κ3) is 1.36. The van der Waals surface area contributed by atoms with E-state index < -0.39 is 0 Å². The Kier molecular flexibility index (Phi) is 2.06. The molecule has 1 aromatic carbocycles. The molecule has 0 aromatic heterocycles. The Balaban J connectivity index is 1.85. The molecule has 1 saturated heterocycles. The standard InChI is InChI=1S/C13H17N/c1-2-4-11(5-3-1)13-12-7-6-10(8-12)9-14-13/h1-5,10,12-14H,6-9H2/t10-,12+,13?/m1/s1. The molecule has 1 heteroatoms. The van der Waals surface area contributed by atoms with Gasteiger partial charge in [0.2, 0.25) is 0 Å². The molecule has 3 atom stereocenters. The SMILES string of the molecule is c1ccc(C2NC[C@@H]3CC[C@H]2C3)cc1. The number of fused-ring (bicyclic) bond motifs is 2. The summed E-state index contributed by atoms with van der Waals surface area (Å²) in [5, 5.41) is 3.70. The van der Waals surface area contributed by atoms with E-state index in [2.05, 4.69) is 35.6 Å². The lowest BCUT2D eigenvalue weighted by Crippen LogP contribution is -2.34. The van der Waals surface area contributed by atoms with Crippen LogP contribution in [0.25, 0.3) is 0 Å². The normalized spacial score (nSPS) is 35.9. The molecule has 1 saturated carbocycles. The summed E-state index contributed by atoms with van der Waals surface area (Å²) in [5.74, 6) is 1.87. The maximum atomic E-state index is 3.70. The molecule has 1 aliphatic heterocycles. The van der Waals surface area contributed by atoms with E-state index in [-0.39, 0.29) is 0 Å². The summed E-state index contributed by atoms with van der Waals surface area (Å²) in [4.78, 5) is 0. The summed E-state index contributed by atoms with van der Waals surface area (Å²) < 4.78 is 0. The van der Waals surface area contributed by atoms with Gasteiger partial charge in [-0.15, -0.1) is 0 Å². The van der Waals surface area contributed by atoms with Crippen molar-refractivity contribution in [1.29, 1.82) is 0 Å². The van der Waals surface area contributed by atoms with Gasteiger partial charge in [0.25, 0.3) is 0 Å². The topological polar surface area (TPSA) is 12.0 Å². The van der Waals surface area contributed by atoms with Gasteiger partial charge in [-0.25, -0.2) is 0 Å². The molecular weight excluding hydrogens is 170 g/mol. The fourth-order valence-electron chi connectivity index (χ4n) is 3.11. The van der Waals surface area contributed by atoms with Gasteiger partial charge in [-0.3, -0.25) is 0 Å². The van der Waals surface area contributed by atoms with Crippen LogP contribution >= 0.6 is 0 Å². The lowest BCUT2D eigenvalue weighted by molar-refractivity contribution is 0.293. The minimum Gasteiger partial charge on any atom is -0.309 e. The van der Waals surface area contributed by atoms with Crippen molar-refractivity contribution in [3.63, 3.8) is 0 Å². The summed E-state index contributed by atoms with van der Waals surface area (Å²) in [6.07, 6.45) is 4.32. The van der Waals surface area contributed by atoms with Crippen LogP contribution in [0.1, 0.15) is 30.9 Å². The molecule has 1 N–H and O–H groups in total. The van der Waals surface area contributed by atoms with Crippen molar-refractivity contribution < 1.29 is 0 Å². The summed E-state index contributed by atoms with van der Waals surface area (Å²) in [7, 11) is 0. The van der Waals surface area contributed by atoms with Crippen LogP contribution in [0.3, 0.4) is 0 Å².